The molecule has 0 aliphatic rings. The standard InChI is InChI=1S/C60H62N4O16/c1-4-6-10-25-45(49(5-2)64(39-65)80-59(72)47-26-17-18-27-51(47)78-40(3)66)56(69)61-38-62-58(71)52-31-30-50(79-52)44-28-29-46(53(32-44)74-37-55(68)76-35-42-21-13-8-14-22-42)57(70)63-48(60(73)77-36-43-23-15-9-16-24-43)33-54(67)75-34-41-19-11-7-12-20-41/h7-9,11-24,26-32,39,45,48-49H,4-6,10,25,33-38H2,1-3H3,(H,61,69)(H,62,71)(H,63,70)/t45-,48+,49-/m1/s1. The van der Waals surface area contributed by atoms with E-state index in [2.05, 4.69) is 16.0 Å². The summed E-state index contributed by atoms with van der Waals surface area (Å²) in [6.07, 6.45) is 2.37. The van der Waals surface area contributed by atoms with E-state index in [0.717, 1.165) is 23.5 Å². The van der Waals surface area contributed by atoms with Gasteiger partial charge in [0.15, 0.2) is 12.4 Å². The maximum atomic E-state index is 14.2. The zero-order chi connectivity index (χ0) is 57.2. The Balaban J connectivity index is 1.16. The summed E-state index contributed by atoms with van der Waals surface area (Å²) in [5, 5.41) is 8.61. The Morgan fingerprint density at radius 2 is 1.25 bits per heavy atom. The molecule has 0 radical (unpaired) electrons. The van der Waals surface area contributed by atoms with Crippen LogP contribution in [0.1, 0.15) is 107 Å². The number of esters is 4. The van der Waals surface area contributed by atoms with Gasteiger partial charge >= 0.3 is 29.8 Å². The Morgan fingerprint density at radius 1 is 0.637 bits per heavy atom. The second-order valence-corrected chi connectivity index (χ2v) is 18.0. The van der Waals surface area contributed by atoms with Crippen LogP contribution in [0.5, 0.6) is 11.5 Å². The topological polar surface area (TPSA) is 261 Å². The average molecular weight is 1100 g/mol. The van der Waals surface area contributed by atoms with E-state index in [4.69, 9.17) is 32.9 Å². The first-order chi connectivity index (χ1) is 38.8. The number of carbonyl (C=O) groups is 9. The molecule has 1 aromatic heterocycles. The van der Waals surface area contributed by atoms with E-state index in [0.29, 0.717) is 30.4 Å². The highest BCUT2D eigenvalue weighted by Crippen LogP contribution is 2.30. The highest BCUT2D eigenvalue weighted by Gasteiger charge is 2.34. The molecule has 0 bridgehead atoms. The van der Waals surface area contributed by atoms with Gasteiger partial charge in [0, 0.05) is 12.5 Å². The van der Waals surface area contributed by atoms with Gasteiger partial charge in [-0.3, -0.25) is 28.8 Å². The molecule has 0 fully saturated rings. The minimum absolute atomic E-state index is 0.0592. The van der Waals surface area contributed by atoms with Crippen molar-refractivity contribution in [2.45, 2.75) is 91.2 Å². The number of ether oxygens (including phenoxy) is 5. The zero-order valence-corrected chi connectivity index (χ0v) is 44.4. The second-order valence-electron chi connectivity index (χ2n) is 18.0. The van der Waals surface area contributed by atoms with Crippen LogP contribution in [0.15, 0.2) is 150 Å². The number of para-hydroxylation sites is 1. The molecule has 20 nitrogen and oxygen atoms in total. The number of nitrogens with one attached hydrogen (secondary N) is 3. The van der Waals surface area contributed by atoms with Crippen molar-refractivity contribution in [2.75, 3.05) is 13.3 Å². The Bertz CT molecular complexity index is 3060. The van der Waals surface area contributed by atoms with Gasteiger partial charge < -0.3 is 48.9 Å². The van der Waals surface area contributed by atoms with Gasteiger partial charge in [0.25, 0.3) is 11.8 Å². The van der Waals surface area contributed by atoms with Crippen molar-refractivity contribution in [3.05, 3.63) is 179 Å². The molecule has 418 valence electrons. The summed E-state index contributed by atoms with van der Waals surface area (Å²) in [6.45, 7) is 3.53. The molecule has 0 saturated carbocycles. The van der Waals surface area contributed by atoms with E-state index in [-0.39, 0.29) is 72.6 Å². The van der Waals surface area contributed by atoms with Gasteiger partial charge in [-0.15, -0.1) is 0 Å². The number of hydrogen-bond donors (Lipinski definition) is 3. The number of benzene rings is 5. The first-order valence-electron chi connectivity index (χ1n) is 25.8. The van der Waals surface area contributed by atoms with Crippen molar-refractivity contribution in [3.63, 3.8) is 0 Å². The minimum Gasteiger partial charge on any atom is -0.481 e. The summed E-state index contributed by atoms with van der Waals surface area (Å²) in [7, 11) is 0. The van der Waals surface area contributed by atoms with Crippen molar-refractivity contribution >= 4 is 54.0 Å². The van der Waals surface area contributed by atoms with Crippen LogP contribution in [-0.2, 0) is 67.6 Å². The van der Waals surface area contributed by atoms with Gasteiger partial charge in [0.05, 0.1) is 30.6 Å². The monoisotopic (exact) mass is 1090 g/mol. The Morgan fingerprint density at radius 3 is 1.86 bits per heavy atom. The molecule has 80 heavy (non-hydrogen) atoms. The maximum absolute atomic E-state index is 14.2. The Hall–Kier alpha value is -9.59. The molecular formula is C60H62N4O16. The van der Waals surface area contributed by atoms with Crippen molar-refractivity contribution in [1.29, 1.82) is 0 Å². The molecule has 5 aromatic carbocycles. The molecule has 6 aromatic rings. The van der Waals surface area contributed by atoms with E-state index in [1.807, 2.05) is 13.0 Å². The van der Waals surface area contributed by atoms with Crippen LogP contribution >= 0.6 is 0 Å². The van der Waals surface area contributed by atoms with Gasteiger partial charge in [-0.1, -0.05) is 142 Å². The predicted molar refractivity (Wildman–Crippen MR) is 287 cm³/mol. The molecular weight excluding hydrogens is 1030 g/mol. The summed E-state index contributed by atoms with van der Waals surface area (Å²) in [4.78, 5) is 124. The number of unbranched alkanes of at least 4 members (excludes halogenated alkanes) is 2. The molecule has 3 N–H and O–H groups in total. The number of carbonyl (C=O) groups excluding carboxylic acids is 9. The van der Waals surface area contributed by atoms with Crippen LogP contribution < -0.4 is 25.4 Å². The molecule has 0 spiro atoms. The number of nitrogens with zero attached hydrogens (tertiary/aromatic N) is 1. The minimum atomic E-state index is -1.53. The number of rotatable bonds is 30. The van der Waals surface area contributed by atoms with Crippen LogP contribution in [0, 0.1) is 5.92 Å². The molecule has 3 atom stereocenters. The number of hydrogen-bond acceptors (Lipinski definition) is 16. The summed E-state index contributed by atoms with van der Waals surface area (Å²) in [6, 6.07) is 37.0. The number of amides is 4. The summed E-state index contributed by atoms with van der Waals surface area (Å²) >= 11 is 0. The van der Waals surface area contributed by atoms with Gasteiger partial charge in [0.1, 0.15) is 48.7 Å². The lowest BCUT2D eigenvalue weighted by molar-refractivity contribution is -0.171. The van der Waals surface area contributed by atoms with Crippen LogP contribution in [0.3, 0.4) is 0 Å². The Kier molecular flexibility index (Phi) is 23.1. The van der Waals surface area contributed by atoms with Gasteiger partial charge in [0.2, 0.25) is 12.3 Å². The van der Waals surface area contributed by atoms with E-state index in [9.17, 15) is 43.2 Å². The molecule has 4 amide bonds. The third-order valence-corrected chi connectivity index (χ3v) is 12.2. The maximum Gasteiger partial charge on any atom is 0.367 e. The third-order valence-electron chi connectivity index (χ3n) is 12.2. The third kappa shape index (κ3) is 18.3. The van der Waals surface area contributed by atoms with Gasteiger partial charge in [-0.25, -0.2) is 14.4 Å². The zero-order valence-electron chi connectivity index (χ0n) is 44.4. The van der Waals surface area contributed by atoms with Crippen molar-refractivity contribution < 1.29 is 76.1 Å². The van der Waals surface area contributed by atoms with Crippen LogP contribution in [0.25, 0.3) is 11.3 Å². The van der Waals surface area contributed by atoms with Crippen LogP contribution in [0.2, 0.25) is 0 Å². The summed E-state index contributed by atoms with van der Waals surface area (Å²) < 4.78 is 33.3. The van der Waals surface area contributed by atoms with E-state index in [1.165, 1.54) is 55.5 Å². The van der Waals surface area contributed by atoms with Crippen LogP contribution in [0.4, 0.5) is 0 Å². The fraction of sp³-hybridized carbons (Fsp3) is 0.283. The van der Waals surface area contributed by atoms with Gasteiger partial charge in [-0.05, 0) is 65.9 Å². The van der Waals surface area contributed by atoms with Crippen molar-refractivity contribution in [1.82, 2.24) is 21.0 Å². The quantitative estimate of drug-likeness (QED) is 0.00734. The highest BCUT2D eigenvalue weighted by atomic mass is 16.7. The second kappa shape index (κ2) is 31.0. The summed E-state index contributed by atoms with van der Waals surface area (Å²) in [5.41, 5.74) is 2.07. The molecule has 0 aliphatic heterocycles. The van der Waals surface area contributed by atoms with Crippen molar-refractivity contribution in [2.24, 2.45) is 5.92 Å². The SMILES string of the molecule is CCCCC[C@@H](C(=O)NCNC(=O)c1ccc(-c2ccc(C(=O)N[C@@H](CC(=O)OCc3ccccc3)C(=O)OCc3ccccc3)c(OCC(=O)OCc3ccccc3)c2)o1)[C@@H](CC)N(C=O)OC(=O)c1ccccc1OC(C)=O. The van der Waals surface area contributed by atoms with Gasteiger partial charge in [-0.2, -0.15) is 5.06 Å². The molecule has 0 aliphatic carbocycles. The fourth-order valence-corrected chi connectivity index (χ4v) is 8.11. The van der Waals surface area contributed by atoms with Crippen LogP contribution in [-0.4, -0.2) is 84.4 Å². The molecule has 1 heterocycles. The molecule has 0 unspecified atom stereocenters. The number of hydroxylamine groups is 2. The predicted octanol–water partition coefficient (Wildman–Crippen LogP) is 7.98. The molecule has 20 heteroatoms. The summed E-state index contributed by atoms with van der Waals surface area (Å²) in [5.74, 6) is -7.54. The molecule has 0 saturated heterocycles. The Labute approximate surface area is 461 Å². The number of furan rings is 1. The first-order valence-corrected chi connectivity index (χ1v) is 25.8. The fourth-order valence-electron chi connectivity index (χ4n) is 8.11. The smallest absolute Gasteiger partial charge is 0.367 e. The van der Waals surface area contributed by atoms with Crippen molar-refractivity contribution in [3.8, 4) is 22.8 Å². The average Bonchev–Trinajstić information content (AvgIpc) is 3.98. The largest absolute Gasteiger partial charge is 0.481 e. The molecule has 6 rings (SSSR count). The lowest BCUT2D eigenvalue weighted by Gasteiger charge is -2.32. The van der Waals surface area contributed by atoms with E-state index < -0.39 is 78.6 Å². The lowest BCUT2D eigenvalue weighted by Crippen LogP contribution is -2.49. The van der Waals surface area contributed by atoms with E-state index >= 15 is 0 Å². The lowest BCUT2D eigenvalue weighted by atomic mass is 9.90. The van der Waals surface area contributed by atoms with E-state index in [1.54, 1.807) is 97.9 Å². The highest BCUT2D eigenvalue weighted by molar-refractivity contribution is 6.00. The first kappa shape index (κ1) is 59.7. The normalized spacial score (nSPS) is 11.8.